The van der Waals surface area contributed by atoms with Gasteiger partial charge in [-0.2, -0.15) is 0 Å². The van der Waals surface area contributed by atoms with Crippen molar-refractivity contribution in [1.82, 2.24) is 4.90 Å². The van der Waals surface area contributed by atoms with E-state index in [9.17, 15) is 24.5 Å². The molecule has 2 aromatic rings. The van der Waals surface area contributed by atoms with Crippen LogP contribution >= 0.6 is 11.6 Å². The molecule has 0 radical (unpaired) electrons. The molecule has 3 amide bonds. The molecule has 3 N–H and O–H groups in total. The minimum absolute atomic E-state index is 0.0118. The zero-order valence-corrected chi connectivity index (χ0v) is 17.7. The fourth-order valence-corrected chi connectivity index (χ4v) is 2.86. The van der Waals surface area contributed by atoms with Gasteiger partial charge >= 0.3 is 0 Å². The predicted octanol–water partition coefficient (Wildman–Crippen LogP) is 3.11. The fraction of sp³-hybridized carbons (Fsp3) is 0.250. The van der Waals surface area contributed by atoms with E-state index in [2.05, 4.69) is 16.0 Å². The molecule has 2 rings (SSSR count). The van der Waals surface area contributed by atoms with E-state index < -0.39 is 10.8 Å². The number of carbonyl (C=O) groups is 3. The lowest BCUT2D eigenvalue weighted by Crippen LogP contribution is -2.38. The molecule has 0 aliphatic heterocycles. The van der Waals surface area contributed by atoms with Crippen LogP contribution in [0.2, 0.25) is 5.02 Å². The van der Waals surface area contributed by atoms with Crippen molar-refractivity contribution < 1.29 is 19.3 Å². The molecule has 0 aliphatic rings. The smallest absolute Gasteiger partial charge is 0.292 e. The topological polar surface area (TPSA) is 134 Å². The first-order chi connectivity index (χ1) is 14.7. The Morgan fingerprint density at radius 1 is 0.968 bits per heavy atom. The number of nitrogens with one attached hydrogen (secondary N) is 3. The predicted molar refractivity (Wildman–Crippen MR) is 118 cm³/mol. The van der Waals surface area contributed by atoms with Gasteiger partial charge in [-0.15, -0.1) is 0 Å². The molecule has 0 fully saturated rings. The highest BCUT2D eigenvalue weighted by Crippen LogP contribution is 2.27. The standard InChI is InChI=1S/C20H22ClN5O5/c1-3-25(11-19(28)23-16-7-5-15(6-8-16)22-13(2)27)12-20(29)24-17-10-14(21)4-9-18(17)26(30)31/h4-10H,3,11-12H2,1-2H3,(H,22,27)(H,23,28)(H,24,29). The van der Waals surface area contributed by atoms with Gasteiger partial charge in [-0.3, -0.25) is 29.4 Å². The third kappa shape index (κ3) is 7.68. The minimum atomic E-state index is -0.617. The van der Waals surface area contributed by atoms with Crippen molar-refractivity contribution in [1.29, 1.82) is 0 Å². The highest BCUT2D eigenvalue weighted by atomic mass is 35.5. The molecule has 0 saturated carbocycles. The molecule has 0 saturated heterocycles. The largest absolute Gasteiger partial charge is 0.326 e. The number of anilines is 3. The Hall–Kier alpha value is -3.50. The van der Waals surface area contributed by atoms with Crippen molar-refractivity contribution in [2.75, 3.05) is 35.6 Å². The van der Waals surface area contributed by atoms with Crippen molar-refractivity contribution in [3.8, 4) is 0 Å². The second-order valence-electron chi connectivity index (χ2n) is 6.58. The molecule has 31 heavy (non-hydrogen) atoms. The van der Waals surface area contributed by atoms with Gasteiger partial charge in [0.15, 0.2) is 0 Å². The van der Waals surface area contributed by atoms with Crippen molar-refractivity contribution in [3.63, 3.8) is 0 Å². The highest BCUT2D eigenvalue weighted by molar-refractivity contribution is 6.31. The average molecular weight is 448 g/mol. The molecule has 0 bridgehead atoms. The molecule has 11 heteroatoms. The monoisotopic (exact) mass is 447 g/mol. The van der Waals surface area contributed by atoms with Crippen LogP contribution in [-0.4, -0.2) is 47.2 Å². The van der Waals surface area contributed by atoms with Crippen LogP contribution < -0.4 is 16.0 Å². The van der Waals surface area contributed by atoms with Crippen LogP contribution in [-0.2, 0) is 14.4 Å². The Morgan fingerprint density at radius 3 is 2.03 bits per heavy atom. The van der Waals surface area contributed by atoms with Gasteiger partial charge in [-0.05, 0) is 42.9 Å². The van der Waals surface area contributed by atoms with Crippen molar-refractivity contribution in [3.05, 3.63) is 57.6 Å². The number of hydrogen-bond acceptors (Lipinski definition) is 6. The van der Waals surface area contributed by atoms with E-state index in [4.69, 9.17) is 11.6 Å². The second kappa shape index (κ2) is 11.0. The summed E-state index contributed by atoms with van der Waals surface area (Å²) < 4.78 is 0. The zero-order valence-electron chi connectivity index (χ0n) is 17.0. The first-order valence-corrected chi connectivity index (χ1v) is 9.69. The van der Waals surface area contributed by atoms with E-state index in [1.165, 1.54) is 25.1 Å². The van der Waals surface area contributed by atoms with Crippen LogP contribution in [0.15, 0.2) is 42.5 Å². The molecule has 0 heterocycles. The second-order valence-corrected chi connectivity index (χ2v) is 7.01. The molecule has 0 aromatic heterocycles. The molecule has 10 nitrogen and oxygen atoms in total. The van der Waals surface area contributed by atoms with Gasteiger partial charge in [0.2, 0.25) is 17.7 Å². The maximum atomic E-state index is 12.3. The number of halogens is 1. The number of hydrogen-bond donors (Lipinski definition) is 3. The van der Waals surface area contributed by atoms with Crippen LogP contribution in [0.4, 0.5) is 22.7 Å². The van der Waals surface area contributed by atoms with Gasteiger partial charge in [0.25, 0.3) is 5.69 Å². The van der Waals surface area contributed by atoms with E-state index in [1.54, 1.807) is 36.1 Å². The minimum Gasteiger partial charge on any atom is -0.326 e. The molecule has 0 atom stereocenters. The maximum absolute atomic E-state index is 12.3. The number of amides is 3. The van der Waals surface area contributed by atoms with E-state index in [0.29, 0.717) is 17.9 Å². The number of rotatable bonds is 9. The normalized spacial score (nSPS) is 10.5. The number of nitrogens with zero attached hydrogens (tertiary/aromatic N) is 2. The molecule has 164 valence electrons. The van der Waals surface area contributed by atoms with Crippen LogP contribution in [0, 0.1) is 10.1 Å². The first-order valence-electron chi connectivity index (χ1n) is 9.31. The Kier molecular flexibility index (Phi) is 8.47. The van der Waals surface area contributed by atoms with Gasteiger partial charge in [0, 0.05) is 29.4 Å². The van der Waals surface area contributed by atoms with Crippen molar-refractivity contribution >= 4 is 52.1 Å². The summed E-state index contributed by atoms with van der Waals surface area (Å²) in [4.78, 5) is 47.8. The van der Waals surface area contributed by atoms with Gasteiger partial charge in [-0.25, -0.2) is 0 Å². The Balaban J connectivity index is 1.93. The van der Waals surface area contributed by atoms with Gasteiger partial charge in [0.1, 0.15) is 5.69 Å². The van der Waals surface area contributed by atoms with E-state index in [1.807, 2.05) is 0 Å². The van der Waals surface area contributed by atoms with Crippen LogP contribution in [0.5, 0.6) is 0 Å². The van der Waals surface area contributed by atoms with E-state index in [0.717, 1.165) is 0 Å². The molecule has 0 aliphatic carbocycles. The molecular formula is C20H22ClN5O5. The Bertz CT molecular complexity index is 980. The summed E-state index contributed by atoms with van der Waals surface area (Å²) in [6.07, 6.45) is 0. The summed E-state index contributed by atoms with van der Waals surface area (Å²) in [6.45, 7) is 3.38. The van der Waals surface area contributed by atoms with Gasteiger partial charge in [0.05, 0.1) is 18.0 Å². The average Bonchev–Trinajstić information content (AvgIpc) is 2.68. The third-order valence-corrected chi connectivity index (χ3v) is 4.34. The number of carbonyl (C=O) groups excluding carboxylic acids is 3. The number of nitro groups is 1. The van der Waals surface area contributed by atoms with Crippen molar-refractivity contribution in [2.45, 2.75) is 13.8 Å². The number of nitro benzene ring substituents is 1. The Labute approximate surface area is 183 Å². The zero-order chi connectivity index (χ0) is 23.0. The van der Waals surface area contributed by atoms with Crippen molar-refractivity contribution in [2.24, 2.45) is 0 Å². The van der Waals surface area contributed by atoms with Crippen LogP contribution in [0.1, 0.15) is 13.8 Å². The first kappa shape index (κ1) is 23.8. The lowest BCUT2D eigenvalue weighted by Gasteiger charge is -2.19. The maximum Gasteiger partial charge on any atom is 0.292 e. The van der Waals surface area contributed by atoms with Crippen LogP contribution in [0.25, 0.3) is 0 Å². The third-order valence-electron chi connectivity index (χ3n) is 4.10. The van der Waals surface area contributed by atoms with Gasteiger partial charge in [-0.1, -0.05) is 18.5 Å². The Morgan fingerprint density at radius 2 is 1.52 bits per heavy atom. The lowest BCUT2D eigenvalue weighted by molar-refractivity contribution is -0.383. The van der Waals surface area contributed by atoms with E-state index >= 15 is 0 Å². The molecular weight excluding hydrogens is 426 g/mol. The van der Waals surface area contributed by atoms with Gasteiger partial charge < -0.3 is 16.0 Å². The summed E-state index contributed by atoms with van der Waals surface area (Å²) in [5.74, 6) is -1.05. The molecule has 0 unspecified atom stereocenters. The summed E-state index contributed by atoms with van der Waals surface area (Å²) >= 11 is 5.86. The fourth-order valence-electron chi connectivity index (χ4n) is 2.68. The lowest BCUT2D eigenvalue weighted by atomic mass is 10.2. The number of benzene rings is 2. The summed E-state index contributed by atoms with van der Waals surface area (Å²) in [6, 6.07) is 10.5. The SMILES string of the molecule is CCN(CC(=O)Nc1ccc(NC(C)=O)cc1)CC(=O)Nc1cc(Cl)ccc1[N+](=O)[O-]. The summed E-state index contributed by atoms with van der Waals surface area (Å²) in [7, 11) is 0. The highest BCUT2D eigenvalue weighted by Gasteiger charge is 2.18. The van der Waals surface area contributed by atoms with Crippen LogP contribution in [0.3, 0.4) is 0 Å². The summed E-state index contributed by atoms with van der Waals surface area (Å²) in [5, 5.41) is 19.2. The van der Waals surface area contributed by atoms with E-state index in [-0.39, 0.29) is 41.3 Å². The number of likely N-dealkylation sites (N-methyl/N-ethyl adjacent to an activating group) is 1. The molecule has 0 spiro atoms. The quantitative estimate of drug-likeness (QED) is 0.399. The summed E-state index contributed by atoms with van der Waals surface area (Å²) in [5.41, 5.74) is 0.852. The molecule has 2 aromatic carbocycles.